The van der Waals surface area contributed by atoms with Crippen molar-refractivity contribution >= 4 is 55.1 Å². The van der Waals surface area contributed by atoms with Gasteiger partial charge in [-0.25, -0.2) is 18.4 Å². The van der Waals surface area contributed by atoms with Crippen LogP contribution in [0.2, 0.25) is 0 Å². The summed E-state index contributed by atoms with van der Waals surface area (Å²) in [7, 11) is -3.54. The number of thiophene rings is 1. The van der Waals surface area contributed by atoms with E-state index in [4.69, 9.17) is 5.73 Å². The van der Waals surface area contributed by atoms with Gasteiger partial charge in [0.2, 0.25) is 15.9 Å². The second-order valence-electron chi connectivity index (χ2n) is 7.24. The smallest absolute Gasteiger partial charge is 0.243 e. The van der Waals surface area contributed by atoms with Gasteiger partial charge in [0, 0.05) is 31.1 Å². The third kappa shape index (κ3) is 4.40. The number of carbonyl (C=O) groups is 1. The number of sulfonamides is 1. The molecule has 0 radical (unpaired) electrons. The average Bonchev–Trinajstić information content (AvgIpc) is 3.06. The summed E-state index contributed by atoms with van der Waals surface area (Å²) >= 11 is 2.82. The summed E-state index contributed by atoms with van der Waals surface area (Å²) in [5.41, 5.74) is 7.20. The van der Waals surface area contributed by atoms with Crippen molar-refractivity contribution < 1.29 is 13.2 Å². The lowest BCUT2D eigenvalue weighted by molar-refractivity contribution is -0.129. The molecule has 0 bridgehead atoms. The number of nitrogens with zero attached hydrogens (tertiary/aromatic N) is 4. The van der Waals surface area contributed by atoms with Crippen LogP contribution in [0.4, 0.5) is 5.82 Å². The van der Waals surface area contributed by atoms with E-state index >= 15 is 0 Å². The van der Waals surface area contributed by atoms with E-state index < -0.39 is 10.0 Å². The van der Waals surface area contributed by atoms with Gasteiger partial charge in [0.1, 0.15) is 10.6 Å². The number of hydrogen-bond acceptors (Lipinski definition) is 8. The van der Waals surface area contributed by atoms with Gasteiger partial charge >= 0.3 is 0 Å². The average molecular weight is 478 g/mol. The van der Waals surface area contributed by atoms with Gasteiger partial charge in [0.25, 0.3) is 0 Å². The minimum atomic E-state index is -3.54. The third-order valence-corrected chi connectivity index (χ3v) is 9.18. The quantitative estimate of drug-likeness (QED) is 0.444. The molecule has 0 spiro atoms. The zero-order chi connectivity index (χ0) is 22.2. The Bertz CT molecular complexity index is 1220. The van der Waals surface area contributed by atoms with Crippen molar-refractivity contribution in [3.05, 3.63) is 40.8 Å². The molecule has 4 rings (SSSR count). The van der Waals surface area contributed by atoms with Crippen LogP contribution in [0.5, 0.6) is 0 Å². The first-order chi connectivity index (χ1) is 14.8. The summed E-state index contributed by atoms with van der Waals surface area (Å²) in [5.74, 6) is 0.545. The predicted molar refractivity (Wildman–Crippen MR) is 124 cm³/mol. The normalized spacial score (nSPS) is 15.5. The van der Waals surface area contributed by atoms with Crippen molar-refractivity contribution in [2.24, 2.45) is 0 Å². The molecule has 0 unspecified atom stereocenters. The van der Waals surface area contributed by atoms with E-state index in [-0.39, 0.29) is 29.6 Å². The number of rotatable bonds is 5. The molecule has 0 aliphatic carbocycles. The number of aromatic nitrogens is 2. The summed E-state index contributed by atoms with van der Waals surface area (Å²) in [6.45, 7) is 5.29. The minimum Gasteiger partial charge on any atom is -0.383 e. The van der Waals surface area contributed by atoms with Crippen LogP contribution in [0, 0.1) is 13.8 Å². The molecule has 8 nitrogen and oxygen atoms in total. The summed E-state index contributed by atoms with van der Waals surface area (Å²) in [5, 5.41) is 1.36. The van der Waals surface area contributed by atoms with Gasteiger partial charge in [-0.05, 0) is 31.5 Å². The molecule has 1 aliphatic rings. The standard InChI is InChI=1S/C20H23N5O3S3/c1-13-14(2)30-19-17(13)18(21)22-20(23-19)29-12-16(26)24-8-10-25(11-9-24)31(27,28)15-6-4-3-5-7-15/h3-7H,8-12H2,1-2H3,(H2,21,22,23). The Hall–Kier alpha value is -2.21. The predicted octanol–water partition coefficient (Wildman–Crippen LogP) is 2.52. The zero-order valence-electron chi connectivity index (χ0n) is 17.2. The number of carbonyl (C=O) groups excluding carboxylic acids is 1. The highest BCUT2D eigenvalue weighted by Crippen LogP contribution is 2.33. The van der Waals surface area contributed by atoms with Crippen LogP contribution in [0.1, 0.15) is 10.4 Å². The number of anilines is 1. The van der Waals surface area contributed by atoms with Crippen LogP contribution in [0.15, 0.2) is 40.4 Å². The molecule has 164 valence electrons. The molecule has 3 aromatic rings. The maximum Gasteiger partial charge on any atom is 0.243 e. The third-order valence-electron chi connectivity index (χ3n) is 5.33. The highest BCUT2D eigenvalue weighted by Gasteiger charge is 2.30. The summed E-state index contributed by atoms with van der Waals surface area (Å²) < 4.78 is 26.9. The lowest BCUT2D eigenvalue weighted by Crippen LogP contribution is -2.50. The highest BCUT2D eigenvalue weighted by molar-refractivity contribution is 7.99. The van der Waals surface area contributed by atoms with Gasteiger partial charge in [-0.2, -0.15) is 4.31 Å². The van der Waals surface area contributed by atoms with Crippen molar-refractivity contribution in [3.8, 4) is 0 Å². The Balaban J connectivity index is 1.36. The minimum absolute atomic E-state index is 0.0671. The Morgan fingerprint density at radius 2 is 1.81 bits per heavy atom. The van der Waals surface area contributed by atoms with E-state index in [1.807, 2.05) is 13.8 Å². The first-order valence-electron chi connectivity index (χ1n) is 9.76. The summed E-state index contributed by atoms with van der Waals surface area (Å²) in [6.07, 6.45) is 0. The van der Waals surface area contributed by atoms with Crippen LogP contribution in [0.25, 0.3) is 10.2 Å². The molecule has 1 aliphatic heterocycles. The molecule has 0 atom stereocenters. The fourth-order valence-electron chi connectivity index (χ4n) is 3.46. The lowest BCUT2D eigenvalue weighted by Gasteiger charge is -2.34. The van der Waals surface area contributed by atoms with Crippen molar-refractivity contribution in [2.45, 2.75) is 23.9 Å². The topological polar surface area (TPSA) is 109 Å². The first kappa shape index (κ1) is 22.0. The van der Waals surface area contributed by atoms with Crippen molar-refractivity contribution in [1.82, 2.24) is 19.2 Å². The van der Waals surface area contributed by atoms with Gasteiger partial charge in [0.05, 0.1) is 16.0 Å². The maximum atomic E-state index is 12.7. The number of thioether (sulfide) groups is 1. The van der Waals surface area contributed by atoms with E-state index in [1.54, 1.807) is 46.6 Å². The molecule has 2 N–H and O–H groups in total. The molecule has 1 aromatic carbocycles. The number of nitrogen functional groups attached to an aromatic ring is 1. The number of piperazine rings is 1. The number of fused-ring (bicyclic) bond motifs is 1. The largest absolute Gasteiger partial charge is 0.383 e. The summed E-state index contributed by atoms with van der Waals surface area (Å²) in [6, 6.07) is 8.36. The van der Waals surface area contributed by atoms with E-state index in [9.17, 15) is 13.2 Å². The molecule has 3 heterocycles. The van der Waals surface area contributed by atoms with Gasteiger partial charge in [-0.3, -0.25) is 4.79 Å². The second kappa shape index (κ2) is 8.73. The summed E-state index contributed by atoms with van der Waals surface area (Å²) in [4.78, 5) is 25.5. The molecule has 31 heavy (non-hydrogen) atoms. The molecule has 2 aromatic heterocycles. The van der Waals surface area contributed by atoms with Crippen molar-refractivity contribution in [3.63, 3.8) is 0 Å². The highest BCUT2D eigenvalue weighted by atomic mass is 32.2. The van der Waals surface area contributed by atoms with Crippen LogP contribution in [-0.4, -0.2) is 65.4 Å². The monoisotopic (exact) mass is 477 g/mol. The van der Waals surface area contributed by atoms with Crippen molar-refractivity contribution in [1.29, 1.82) is 0 Å². The Morgan fingerprint density at radius 1 is 1.13 bits per heavy atom. The molecular formula is C20H23N5O3S3. The molecular weight excluding hydrogens is 454 g/mol. The number of hydrogen-bond donors (Lipinski definition) is 1. The van der Waals surface area contributed by atoms with Gasteiger partial charge in [-0.1, -0.05) is 30.0 Å². The van der Waals surface area contributed by atoms with E-state index in [0.29, 0.717) is 24.1 Å². The number of nitrogens with two attached hydrogens (primary N) is 1. The molecule has 1 amide bonds. The molecule has 11 heteroatoms. The van der Waals surface area contributed by atoms with Gasteiger partial charge in [-0.15, -0.1) is 11.3 Å². The number of benzene rings is 1. The molecule has 0 saturated carbocycles. The molecule has 1 saturated heterocycles. The van der Waals surface area contributed by atoms with Gasteiger partial charge in [0.15, 0.2) is 5.16 Å². The number of amides is 1. The fraction of sp³-hybridized carbons (Fsp3) is 0.350. The Kier molecular flexibility index (Phi) is 6.20. The van der Waals surface area contributed by atoms with Gasteiger partial charge < -0.3 is 10.6 Å². The fourth-order valence-corrected chi connectivity index (χ4v) is 6.75. The lowest BCUT2D eigenvalue weighted by atomic mass is 10.2. The van der Waals surface area contributed by atoms with Crippen LogP contribution >= 0.6 is 23.1 Å². The zero-order valence-corrected chi connectivity index (χ0v) is 19.7. The maximum absolute atomic E-state index is 12.7. The van der Waals surface area contributed by atoms with Crippen molar-refractivity contribution in [2.75, 3.05) is 37.7 Å². The van der Waals surface area contributed by atoms with E-state index in [2.05, 4.69) is 9.97 Å². The first-order valence-corrected chi connectivity index (χ1v) is 13.0. The second-order valence-corrected chi connectivity index (χ2v) is 11.3. The van der Waals surface area contributed by atoms with Crippen LogP contribution in [0.3, 0.4) is 0 Å². The van der Waals surface area contributed by atoms with Crippen LogP contribution < -0.4 is 5.73 Å². The number of aryl methyl sites for hydroxylation is 2. The molecule has 1 fully saturated rings. The van der Waals surface area contributed by atoms with Crippen LogP contribution in [-0.2, 0) is 14.8 Å². The Morgan fingerprint density at radius 3 is 2.48 bits per heavy atom. The SMILES string of the molecule is Cc1sc2nc(SCC(=O)N3CCN(S(=O)(=O)c4ccccc4)CC3)nc(N)c2c1C. The van der Waals surface area contributed by atoms with E-state index in [0.717, 1.165) is 20.7 Å². The van der Waals surface area contributed by atoms with E-state index in [1.165, 1.54) is 16.1 Å². The Labute approximate surface area is 189 Å².